The number of halogens is 2. The number of ketones is 1. The summed E-state index contributed by atoms with van der Waals surface area (Å²) in [5.74, 6) is -0.196. The minimum atomic E-state index is -0.109. The van der Waals surface area contributed by atoms with Crippen molar-refractivity contribution >= 4 is 58.2 Å². The molecular formula is C20H14Cl2O2S2. The summed E-state index contributed by atoms with van der Waals surface area (Å²) in [7, 11) is 0. The molecule has 1 N–H and O–H groups in total. The van der Waals surface area contributed by atoms with Gasteiger partial charge in [-0.15, -0.1) is 23.1 Å². The molecule has 1 heterocycles. The number of rotatable bonds is 5. The monoisotopic (exact) mass is 420 g/mol. The predicted octanol–water partition coefficient (Wildman–Crippen LogP) is 7.05. The Kier molecular flexibility index (Phi) is 6.09. The number of thioether (sulfide) groups is 1. The minimum absolute atomic E-state index is 0.0772. The van der Waals surface area contributed by atoms with Crippen LogP contribution in [0.3, 0.4) is 0 Å². The molecule has 0 fully saturated rings. The highest BCUT2D eigenvalue weighted by molar-refractivity contribution is 7.98. The summed E-state index contributed by atoms with van der Waals surface area (Å²) < 4.78 is 0. The molecule has 1 aromatic heterocycles. The van der Waals surface area contributed by atoms with Gasteiger partial charge in [0.05, 0.1) is 9.90 Å². The van der Waals surface area contributed by atoms with Crippen LogP contribution in [0, 0.1) is 0 Å². The number of aromatic hydroxyl groups is 1. The second-order valence-electron chi connectivity index (χ2n) is 5.39. The van der Waals surface area contributed by atoms with Crippen LogP contribution in [0.4, 0.5) is 0 Å². The van der Waals surface area contributed by atoms with Crippen LogP contribution in [0.2, 0.25) is 10.0 Å². The number of carbonyl (C=O) groups excluding carboxylic acids is 1. The number of phenols is 1. The van der Waals surface area contributed by atoms with E-state index in [0.717, 1.165) is 10.4 Å². The fraction of sp³-hybridized carbons (Fsp3) is 0.0500. The van der Waals surface area contributed by atoms with Crippen LogP contribution in [0.5, 0.6) is 5.75 Å². The standard InChI is InChI=1S/C20H14Cl2O2S2/c1-25-14-6-2-12(3-7-14)17-10-11-18(26-17)15(23)8-4-13-5-9-16(24)20(22)19(13)21/h2-11,24H,1H3/b8-4+. The molecule has 0 unspecified atom stereocenters. The first kappa shape index (κ1) is 19.1. The molecular weight excluding hydrogens is 407 g/mol. The van der Waals surface area contributed by atoms with E-state index >= 15 is 0 Å². The Morgan fingerprint density at radius 3 is 2.46 bits per heavy atom. The predicted molar refractivity (Wildman–Crippen MR) is 113 cm³/mol. The van der Waals surface area contributed by atoms with Gasteiger partial charge in [0.1, 0.15) is 10.8 Å². The van der Waals surface area contributed by atoms with Gasteiger partial charge in [0.15, 0.2) is 5.78 Å². The normalized spacial score (nSPS) is 11.2. The fourth-order valence-electron chi connectivity index (χ4n) is 2.31. The van der Waals surface area contributed by atoms with E-state index in [0.29, 0.717) is 10.4 Å². The van der Waals surface area contributed by atoms with Gasteiger partial charge in [-0.1, -0.05) is 35.3 Å². The Labute approximate surface area is 170 Å². The second kappa shape index (κ2) is 8.31. The van der Waals surface area contributed by atoms with Gasteiger partial charge in [0.25, 0.3) is 0 Å². The summed E-state index contributed by atoms with van der Waals surface area (Å²) in [5, 5.41) is 9.81. The van der Waals surface area contributed by atoms with Gasteiger partial charge in [-0.05, 0) is 65.9 Å². The molecule has 132 valence electrons. The molecule has 0 amide bonds. The number of phenolic OH excluding ortho intramolecular Hbond substituents is 1. The van der Waals surface area contributed by atoms with E-state index in [1.807, 2.05) is 18.4 Å². The summed E-state index contributed by atoms with van der Waals surface area (Å²) in [4.78, 5) is 15.3. The van der Waals surface area contributed by atoms with Crippen molar-refractivity contribution in [3.8, 4) is 16.2 Å². The Bertz CT molecular complexity index is 976. The molecule has 0 atom stereocenters. The van der Waals surface area contributed by atoms with Crippen LogP contribution in [-0.2, 0) is 0 Å². The number of benzene rings is 2. The molecule has 0 bridgehead atoms. The second-order valence-corrected chi connectivity index (χ2v) is 8.11. The Morgan fingerprint density at radius 1 is 1.04 bits per heavy atom. The first-order valence-corrected chi connectivity index (χ1v) is 10.4. The van der Waals surface area contributed by atoms with Crippen molar-refractivity contribution in [2.75, 3.05) is 6.26 Å². The molecule has 26 heavy (non-hydrogen) atoms. The first-order valence-electron chi connectivity index (χ1n) is 7.63. The van der Waals surface area contributed by atoms with Crippen molar-refractivity contribution in [3.63, 3.8) is 0 Å². The van der Waals surface area contributed by atoms with Crippen LogP contribution in [0.25, 0.3) is 16.5 Å². The summed E-state index contributed by atoms with van der Waals surface area (Å²) >= 11 is 15.1. The molecule has 0 saturated heterocycles. The van der Waals surface area contributed by atoms with Gasteiger partial charge in [0.2, 0.25) is 0 Å². The van der Waals surface area contributed by atoms with E-state index in [4.69, 9.17) is 23.2 Å². The van der Waals surface area contributed by atoms with Gasteiger partial charge in [-0.2, -0.15) is 0 Å². The Balaban J connectivity index is 1.78. The largest absolute Gasteiger partial charge is 0.506 e. The SMILES string of the molecule is CSc1ccc(-c2ccc(C(=O)/C=C/c3ccc(O)c(Cl)c3Cl)s2)cc1. The average Bonchev–Trinajstić information content (AvgIpc) is 3.16. The van der Waals surface area contributed by atoms with E-state index < -0.39 is 0 Å². The summed E-state index contributed by atoms with van der Waals surface area (Å²) in [6.45, 7) is 0. The number of thiophene rings is 1. The molecule has 0 aliphatic rings. The third-order valence-corrected chi connectivity index (χ3v) is 6.51. The third-order valence-electron chi connectivity index (χ3n) is 3.73. The third kappa shape index (κ3) is 4.15. The van der Waals surface area contributed by atoms with E-state index in [2.05, 4.69) is 24.3 Å². The van der Waals surface area contributed by atoms with E-state index in [1.54, 1.807) is 23.9 Å². The molecule has 0 spiro atoms. The van der Waals surface area contributed by atoms with Crippen LogP contribution >= 0.6 is 46.3 Å². The summed E-state index contributed by atoms with van der Waals surface area (Å²) in [6, 6.07) is 15.1. The molecule has 3 aromatic rings. The number of hydrogen-bond donors (Lipinski definition) is 1. The average molecular weight is 421 g/mol. The molecule has 0 saturated carbocycles. The lowest BCUT2D eigenvalue weighted by Gasteiger charge is -2.02. The zero-order chi connectivity index (χ0) is 18.7. The fourth-order valence-corrected chi connectivity index (χ4v) is 4.05. The number of hydrogen-bond acceptors (Lipinski definition) is 4. The van der Waals surface area contributed by atoms with Crippen molar-refractivity contribution in [1.29, 1.82) is 0 Å². The van der Waals surface area contributed by atoms with E-state index in [9.17, 15) is 9.90 Å². The van der Waals surface area contributed by atoms with E-state index in [1.165, 1.54) is 28.4 Å². The highest BCUT2D eigenvalue weighted by Crippen LogP contribution is 2.34. The highest BCUT2D eigenvalue weighted by atomic mass is 35.5. The molecule has 6 heteroatoms. The number of carbonyl (C=O) groups is 1. The van der Waals surface area contributed by atoms with Gasteiger partial charge in [0, 0.05) is 9.77 Å². The van der Waals surface area contributed by atoms with Crippen molar-refractivity contribution < 1.29 is 9.90 Å². The van der Waals surface area contributed by atoms with Gasteiger partial charge < -0.3 is 5.11 Å². The van der Waals surface area contributed by atoms with Crippen LogP contribution in [0.15, 0.2) is 59.5 Å². The maximum Gasteiger partial charge on any atom is 0.195 e. The molecule has 0 aliphatic carbocycles. The molecule has 0 radical (unpaired) electrons. The molecule has 3 rings (SSSR count). The zero-order valence-electron chi connectivity index (χ0n) is 13.7. The summed E-state index contributed by atoms with van der Waals surface area (Å²) in [5.41, 5.74) is 1.66. The molecule has 2 aromatic carbocycles. The number of allylic oxidation sites excluding steroid dienone is 1. The smallest absolute Gasteiger partial charge is 0.195 e. The van der Waals surface area contributed by atoms with Crippen molar-refractivity contribution in [2.45, 2.75) is 4.90 Å². The van der Waals surface area contributed by atoms with Gasteiger partial charge in [-0.3, -0.25) is 4.79 Å². The first-order chi connectivity index (χ1) is 12.5. The topological polar surface area (TPSA) is 37.3 Å². The quantitative estimate of drug-likeness (QED) is 0.273. The molecule has 2 nitrogen and oxygen atoms in total. The van der Waals surface area contributed by atoms with Crippen LogP contribution in [0.1, 0.15) is 15.2 Å². The Hall–Kier alpha value is -1.72. The lowest BCUT2D eigenvalue weighted by atomic mass is 10.1. The van der Waals surface area contributed by atoms with Crippen molar-refractivity contribution in [1.82, 2.24) is 0 Å². The minimum Gasteiger partial charge on any atom is -0.506 e. The van der Waals surface area contributed by atoms with Crippen LogP contribution < -0.4 is 0 Å². The van der Waals surface area contributed by atoms with Crippen molar-refractivity contribution in [3.05, 3.63) is 75.1 Å². The van der Waals surface area contributed by atoms with E-state index in [-0.39, 0.29) is 21.6 Å². The summed E-state index contributed by atoms with van der Waals surface area (Å²) in [6.07, 6.45) is 5.10. The van der Waals surface area contributed by atoms with Gasteiger partial charge in [-0.25, -0.2) is 0 Å². The van der Waals surface area contributed by atoms with Crippen LogP contribution in [-0.4, -0.2) is 17.1 Å². The zero-order valence-corrected chi connectivity index (χ0v) is 16.8. The highest BCUT2D eigenvalue weighted by Gasteiger charge is 2.10. The maximum absolute atomic E-state index is 12.4. The van der Waals surface area contributed by atoms with Gasteiger partial charge >= 0.3 is 0 Å². The lowest BCUT2D eigenvalue weighted by molar-refractivity contribution is 0.105. The maximum atomic E-state index is 12.4. The lowest BCUT2D eigenvalue weighted by Crippen LogP contribution is -1.89. The molecule has 0 aliphatic heterocycles. The van der Waals surface area contributed by atoms with Crippen molar-refractivity contribution in [2.24, 2.45) is 0 Å². The Morgan fingerprint density at radius 2 is 1.77 bits per heavy atom.